The molecular weight excluding hydrogens is 188 g/mol. The van der Waals surface area contributed by atoms with Crippen LogP contribution in [-0.2, 0) is 0 Å². The van der Waals surface area contributed by atoms with Crippen molar-refractivity contribution >= 4 is 0 Å². The molecule has 3 nitrogen and oxygen atoms in total. The molecule has 1 aromatic rings. The van der Waals surface area contributed by atoms with E-state index in [0.29, 0.717) is 5.92 Å². The second-order valence-electron chi connectivity index (χ2n) is 4.34. The van der Waals surface area contributed by atoms with E-state index in [0.717, 1.165) is 17.9 Å². The second-order valence-corrected chi connectivity index (χ2v) is 4.34. The Labute approximate surface area is 92.0 Å². The van der Waals surface area contributed by atoms with E-state index in [-0.39, 0.29) is 6.04 Å². The Morgan fingerprint density at radius 1 is 1.47 bits per heavy atom. The first kappa shape index (κ1) is 12.3. The largest absolute Gasteiger partial charge is 0.466 e. The van der Waals surface area contributed by atoms with Crippen molar-refractivity contribution in [3.05, 3.63) is 23.2 Å². The van der Waals surface area contributed by atoms with E-state index >= 15 is 0 Å². The highest BCUT2D eigenvalue weighted by Crippen LogP contribution is 2.27. The van der Waals surface area contributed by atoms with E-state index in [9.17, 15) is 0 Å². The summed E-state index contributed by atoms with van der Waals surface area (Å²) >= 11 is 0. The van der Waals surface area contributed by atoms with Gasteiger partial charge in [0.1, 0.15) is 11.5 Å². The van der Waals surface area contributed by atoms with Gasteiger partial charge in [0.05, 0.1) is 0 Å². The van der Waals surface area contributed by atoms with Crippen LogP contribution in [0.5, 0.6) is 0 Å². The van der Waals surface area contributed by atoms with Gasteiger partial charge < -0.3 is 4.42 Å². The van der Waals surface area contributed by atoms with Gasteiger partial charge in [-0.05, 0) is 32.3 Å². The van der Waals surface area contributed by atoms with Crippen molar-refractivity contribution in [3.8, 4) is 0 Å². The summed E-state index contributed by atoms with van der Waals surface area (Å²) in [5.74, 6) is 8.18. The zero-order chi connectivity index (χ0) is 11.4. The maximum atomic E-state index is 5.59. The van der Waals surface area contributed by atoms with Crippen molar-refractivity contribution < 1.29 is 4.42 Å². The molecule has 1 heterocycles. The van der Waals surface area contributed by atoms with Crippen LogP contribution in [0.4, 0.5) is 0 Å². The maximum absolute atomic E-state index is 5.59. The maximum Gasteiger partial charge on any atom is 0.105 e. The highest BCUT2D eigenvalue weighted by atomic mass is 16.3. The molecule has 1 aromatic heterocycles. The Morgan fingerprint density at radius 3 is 2.53 bits per heavy atom. The Bertz CT molecular complexity index is 307. The molecule has 0 saturated carbocycles. The molecular formula is C12H22N2O. The standard InChI is InChI=1S/C12H22N2O/c1-5-8(2)6-12(14-13)11-7-9(3)15-10(11)4/h7-8,12,14H,5-6,13H2,1-4H3. The molecule has 86 valence electrons. The molecule has 2 unspecified atom stereocenters. The molecule has 0 spiro atoms. The number of nitrogens with two attached hydrogens (primary N) is 1. The normalized spacial score (nSPS) is 15.3. The van der Waals surface area contributed by atoms with Crippen molar-refractivity contribution in [2.24, 2.45) is 11.8 Å². The number of aryl methyl sites for hydroxylation is 2. The summed E-state index contributed by atoms with van der Waals surface area (Å²) in [4.78, 5) is 0. The molecule has 0 amide bonds. The van der Waals surface area contributed by atoms with Gasteiger partial charge in [-0.25, -0.2) is 0 Å². The lowest BCUT2D eigenvalue weighted by atomic mass is 9.95. The summed E-state index contributed by atoms with van der Waals surface area (Å²) in [7, 11) is 0. The summed E-state index contributed by atoms with van der Waals surface area (Å²) in [5, 5.41) is 0. The Balaban J connectivity index is 2.78. The molecule has 2 atom stereocenters. The zero-order valence-corrected chi connectivity index (χ0v) is 10.1. The monoisotopic (exact) mass is 210 g/mol. The van der Waals surface area contributed by atoms with Gasteiger partial charge in [-0.1, -0.05) is 20.3 Å². The van der Waals surface area contributed by atoms with Crippen LogP contribution in [0.1, 0.15) is 49.8 Å². The molecule has 0 aliphatic rings. The van der Waals surface area contributed by atoms with Crippen LogP contribution in [0, 0.1) is 19.8 Å². The van der Waals surface area contributed by atoms with Crippen LogP contribution >= 0.6 is 0 Å². The fourth-order valence-electron chi connectivity index (χ4n) is 1.85. The summed E-state index contributed by atoms with van der Waals surface area (Å²) in [6.45, 7) is 8.40. The molecule has 0 aliphatic heterocycles. The van der Waals surface area contributed by atoms with E-state index in [1.54, 1.807) is 0 Å². The van der Waals surface area contributed by atoms with Gasteiger partial charge in [-0.3, -0.25) is 11.3 Å². The van der Waals surface area contributed by atoms with Gasteiger partial charge in [-0.2, -0.15) is 0 Å². The molecule has 0 bridgehead atoms. The van der Waals surface area contributed by atoms with Gasteiger partial charge in [0.2, 0.25) is 0 Å². The average Bonchev–Trinajstić information content (AvgIpc) is 2.54. The first-order valence-electron chi connectivity index (χ1n) is 5.61. The quantitative estimate of drug-likeness (QED) is 0.580. The molecule has 0 saturated heterocycles. The third-order valence-electron chi connectivity index (χ3n) is 2.99. The van der Waals surface area contributed by atoms with Crippen LogP contribution < -0.4 is 11.3 Å². The molecule has 0 aromatic carbocycles. The fraction of sp³-hybridized carbons (Fsp3) is 0.667. The van der Waals surface area contributed by atoms with E-state index in [1.165, 1.54) is 12.0 Å². The number of hydrazine groups is 1. The van der Waals surface area contributed by atoms with Crippen LogP contribution in [-0.4, -0.2) is 0 Å². The SMILES string of the molecule is CCC(C)CC(NN)c1cc(C)oc1C. The molecule has 15 heavy (non-hydrogen) atoms. The third kappa shape index (κ3) is 3.08. The minimum Gasteiger partial charge on any atom is -0.466 e. The van der Waals surface area contributed by atoms with E-state index in [2.05, 4.69) is 25.3 Å². The first-order chi connectivity index (χ1) is 7.08. The van der Waals surface area contributed by atoms with Crippen LogP contribution in [0.2, 0.25) is 0 Å². The highest BCUT2D eigenvalue weighted by Gasteiger charge is 2.17. The molecule has 3 N–H and O–H groups in total. The van der Waals surface area contributed by atoms with Gasteiger partial charge in [0.15, 0.2) is 0 Å². The Kier molecular flexibility index (Phi) is 4.36. The second kappa shape index (κ2) is 5.33. The molecule has 0 radical (unpaired) electrons. The predicted molar refractivity (Wildman–Crippen MR) is 62.3 cm³/mol. The summed E-state index contributed by atoms with van der Waals surface area (Å²) < 4.78 is 5.52. The molecule has 0 fully saturated rings. The van der Waals surface area contributed by atoms with Crippen molar-refractivity contribution in [2.45, 2.75) is 46.6 Å². The van der Waals surface area contributed by atoms with Crippen molar-refractivity contribution in [3.63, 3.8) is 0 Å². The minimum atomic E-state index is 0.206. The van der Waals surface area contributed by atoms with Gasteiger partial charge in [-0.15, -0.1) is 0 Å². The van der Waals surface area contributed by atoms with Gasteiger partial charge in [0.25, 0.3) is 0 Å². The topological polar surface area (TPSA) is 51.2 Å². The summed E-state index contributed by atoms with van der Waals surface area (Å²) in [6.07, 6.45) is 2.22. The number of hydrogen-bond acceptors (Lipinski definition) is 3. The number of nitrogens with one attached hydrogen (secondary N) is 1. The molecule has 0 aliphatic carbocycles. The van der Waals surface area contributed by atoms with Crippen molar-refractivity contribution in [1.29, 1.82) is 0 Å². The highest BCUT2D eigenvalue weighted by molar-refractivity contribution is 5.23. The van der Waals surface area contributed by atoms with Crippen LogP contribution in [0.3, 0.4) is 0 Å². The van der Waals surface area contributed by atoms with Crippen LogP contribution in [0.15, 0.2) is 10.5 Å². The molecule has 1 rings (SSSR count). The summed E-state index contributed by atoms with van der Waals surface area (Å²) in [6, 6.07) is 2.28. The van der Waals surface area contributed by atoms with E-state index < -0.39 is 0 Å². The number of furan rings is 1. The van der Waals surface area contributed by atoms with Gasteiger partial charge in [0, 0.05) is 11.6 Å². The van der Waals surface area contributed by atoms with Crippen LogP contribution in [0.25, 0.3) is 0 Å². The lowest BCUT2D eigenvalue weighted by Gasteiger charge is -2.18. The van der Waals surface area contributed by atoms with E-state index in [1.807, 2.05) is 13.8 Å². The lowest BCUT2D eigenvalue weighted by molar-refractivity contribution is 0.400. The smallest absolute Gasteiger partial charge is 0.105 e. The lowest BCUT2D eigenvalue weighted by Crippen LogP contribution is -2.29. The van der Waals surface area contributed by atoms with Crippen molar-refractivity contribution in [2.75, 3.05) is 0 Å². The number of hydrogen-bond donors (Lipinski definition) is 2. The summed E-state index contributed by atoms with van der Waals surface area (Å²) in [5.41, 5.74) is 4.07. The fourth-order valence-corrected chi connectivity index (χ4v) is 1.85. The van der Waals surface area contributed by atoms with Gasteiger partial charge >= 0.3 is 0 Å². The Hall–Kier alpha value is -0.800. The zero-order valence-electron chi connectivity index (χ0n) is 10.1. The predicted octanol–water partition coefficient (Wildman–Crippen LogP) is 2.84. The third-order valence-corrected chi connectivity index (χ3v) is 2.99. The van der Waals surface area contributed by atoms with Crippen molar-refractivity contribution in [1.82, 2.24) is 5.43 Å². The van der Waals surface area contributed by atoms with E-state index in [4.69, 9.17) is 10.3 Å². The first-order valence-corrected chi connectivity index (χ1v) is 5.61. The average molecular weight is 210 g/mol. The Morgan fingerprint density at radius 2 is 2.13 bits per heavy atom. The number of rotatable bonds is 5. The molecule has 3 heteroatoms. The minimum absolute atomic E-state index is 0.206.